The van der Waals surface area contributed by atoms with Crippen molar-refractivity contribution >= 4 is 34.0 Å². The zero-order valence-electron chi connectivity index (χ0n) is 9.94. The molecule has 0 spiro atoms. The van der Waals surface area contributed by atoms with Crippen LogP contribution >= 0.6 is 22.9 Å². The van der Waals surface area contributed by atoms with Crippen molar-refractivity contribution in [3.05, 3.63) is 52.4 Å². The average Bonchev–Trinajstić information content (AvgIpc) is 2.87. The second-order valence-electron chi connectivity index (χ2n) is 3.60. The van der Waals surface area contributed by atoms with E-state index in [1.165, 1.54) is 11.3 Å². The van der Waals surface area contributed by atoms with Crippen LogP contribution in [0.4, 0.5) is 9.80 Å². The topological polar surface area (TPSA) is 41.1 Å². The monoisotopic (exact) mass is 290 g/mol. The fourth-order valence-corrected chi connectivity index (χ4v) is 2.15. The lowest BCUT2D eigenvalue weighted by molar-refractivity contribution is 0.253. The van der Waals surface area contributed by atoms with Crippen LogP contribution in [-0.2, 0) is 0 Å². The van der Waals surface area contributed by atoms with E-state index >= 15 is 0 Å². The van der Waals surface area contributed by atoms with Gasteiger partial charge in [0, 0.05) is 10.6 Å². The third kappa shape index (κ3) is 4.66. The van der Waals surface area contributed by atoms with E-state index in [0.29, 0.717) is 5.02 Å². The molecule has 0 aliphatic heterocycles. The van der Waals surface area contributed by atoms with Gasteiger partial charge in [-0.2, -0.15) is 0 Å². The number of anilines is 1. The van der Waals surface area contributed by atoms with Crippen molar-refractivity contribution in [3.63, 3.8) is 0 Å². The summed E-state index contributed by atoms with van der Waals surface area (Å²) < 4.78 is 0. The number of rotatable bonds is 2. The minimum atomic E-state index is -0.261. The molecule has 0 bridgehead atoms. The van der Waals surface area contributed by atoms with E-state index in [2.05, 4.69) is 22.5 Å². The summed E-state index contributed by atoms with van der Waals surface area (Å²) in [4.78, 5) is 11.5. The van der Waals surface area contributed by atoms with Crippen molar-refractivity contribution in [1.82, 2.24) is 5.32 Å². The molecule has 2 N–H and O–H groups in total. The molecule has 1 aromatic heterocycles. The number of amides is 2. The number of benzene rings is 1. The Morgan fingerprint density at radius 2 is 2.21 bits per heavy atom. The standard InChI is InChI=1S/C14H11ClN2OS/c15-12-6-1-4-11(10-12)5-2-8-16-14(18)17-13-7-3-9-19-13/h1,3-4,6-7,9-10H,8H2,(H2,16,17,18). The molecule has 0 aliphatic carbocycles. The Hall–Kier alpha value is -1.96. The van der Waals surface area contributed by atoms with Crippen molar-refractivity contribution in [2.24, 2.45) is 0 Å². The molecule has 0 unspecified atom stereocenters. The molecule has 0 radical (unpaired) electrons. The van der Waals surface area contributed by atoms with E-state index in [4.69, 9.17) is 11.6 Å². The number of nitrogens with one attached hydrogen (secondary N) is 2. The highest BCUT2D eigenvalue weighted by Crippen LogP contribution is 2.14. The number of carbonyl (C=O) groups is 1. The Morgan fingerprint density at radius 3 is 2.95 bits per heavy atom. The molecule has 19 heavy (non-hydrogen) atoms. The quantitative estimate of drug-likeness (QED) is 0.816. The Kier molecular flexibility index (Phi) is 4.85. The van der Waals surface area contributed by atoms with Gasteiger partial charge in [-0.1, -0.05) is 29.5 Å². The van der Waals surface area contributed by atoms with E-state index in [0.717, 1.165) is 10.6 Å². The minimum Gasteiger partial charge on any atom is -0.327 e. The van der Waals surface area contributed by atoms with Gasteiger partial charge in [0.1, 0.15) is 0 Å². The largest absolute Gasteiger partial charge is 0.327 e. The van der Waals surface area contributed by atoms with E-state index < -0.39 is 0 Å². The molecule has 2 amide bonds. The number of hydrogen-bond donors (Lipinski definition) is 2. The maximum absolute atomic E-state index is 11.5. The van der Waals surface area contributed by atoms with Crippen LogP contribution in [0.1, 0.15) is 5.56 Å². The number of hydrogen-bond acceptors (Lipinski definition) is 2. The van der Waals surface area contributed by atoms with Crippen LogP contribution in [0.15, 0.2) is 41.8 Å². The minimum absolute atomic E-state index is 0.261. The summed E-state index contributed by atoms with van der Waals surface area (Å²) >= 11 is 7.31. The average molecular weight is 291 g/mol. The van der Waals surface area contributed by atoms with E-state index in [1.807, 2.05) is 29.6 Å². The summed E-state index contributed by atoms with van der Waals surface area (Å²) in [6.45, 7) is 0.281. The SMILES string of the molecule is O=C(NCC#Cc1cccc(Cl)c1)Nc1cccs1. The van der Waals surface area contributed by atoms with Gasteiger partial charge >= 0.3 is 6.03 Å². The van der Waals surface area contributed by atoms with E-state index in [-0.39, 0.29) is 12.6 Å². The Balaban J connectivity index is 1.79. The first-order valence-electron chi connectivity index (χ1n) is 5.57. The Bertz CT molecular complexity index is 614. The van der Waals surface area contributed by atoms with Crippen molar-refractivity contribution in [1.29, 1.82) is 0 Å². The molecule has 0 saturated carbocycles. The fourth-order valence-electron chi connectivity index (χ4n) is 1.34. The maximum Gasteiger partial charge on any atom is 0.320 e. The molecule has 1 aromatic carbocycles. The molecule has 2 aromatic rings. The van der Waals surface area contributed by atoms with Crippen LogP contribution in [0.5, 0.6) is 0 Å². The van der Waals surface area contributed by atoms with E-state index in [9.17, 15) is 4.79 Å². The summed E-state index contributed by atoms with van der Waals surface area (Å²) in [5.41, 5.74) is 0.827. The van der Waals surface area contributed by atoms with Crippen LogP contribution in [0.2, 0.25) is 5.02 Å². The second kappa shape index (κ2) is 6.83. The predicted octanol–water partition coefficient (Wildman–Crippen LogP) is 3.57. The molecule has 0 saturated heterocycles. The Labute approximate surface area is 120 Å². The summed E-state index contributed by atoms with van der Waals surface area (Å²) in [6.07, 6.45) is 0. The first-order chi connectivity index (χ1) is 9.24. The highest BCUT2D eigenvalue weighted by molar-refractivity contribution is 7.14. The summed E-state index contributed by atoms with van der Waals surface area (Å²) in [5, 5.41) is 8.72. The lowest BCUT2D eigenvalue weighted by Gasteiger charge is -2.01. The molecule has 0 aliphatic rings. The molecule has 0 fully saturated rings. The van der Waals surface area contributed by atoms with Crippen molar-refractivity contribution in [2.75, 3.05) is 11.9 Å². The lowest BCUT2D eigenvalue weighted by Crippen LogP contribution is -2.28. The van der Waals surface area contributed by atoms with Gasteiger partial charge in [-0.3, -0.25) is 5.32 Å². The zero-order chi connectivity index (χ0) is 13.5. The van der Waals surface area contributed by atoms with Gasteiger partial charge in [0.15, 0.2) is 0 Å². The first-order valence-corrected chi connectivity index (χ1v) is 6.82. The van der Waals surface area contributed by atoms with Gasteiger partial charge in [-0.05, 0) is 35.7 Å². The summed E-state index contributed by atoms with van der Waals surface area (Å²) in [7, 11) is 0. The highest BCUT2D eigenvalue weighted by atomic mass is 35.5. The lowest BCUT2D eigenvalue weighted by atomic mass is 10.2. The normalized spacial score (nSPS) is 9.32. The fraction of sp³-hybridized carbons (Fsp3) is 0.0714. The molecule has 96 valence electrons. The van der Waals surface area contributed by atoms with Gasteiger partial charge in [-0.25, -0.2) is 4.79 Å². The molecule has 3 nitrogen and oxygen atoms in total. The number of urea groups is 1. The number of halogens is 1. The highest BCUT2D eigenvalue weighted by Gasteiger charge is 1.99. The van der Waals surface area contributed by atoms with Crippen LogP contribution in [0, 0.1) is 11.8 Å². The third-order valence-electron chi connectivity index (χ3n) is 2.15. The van der Waals surface area contributed by atoms with Crippen molar-refractivity contribution < 1.29 is 4.79 Å². The van der Waals surface area contributed by atoms with Crippen LogP contribution in [0.3, 0.4) is 0 Å². The smallest absolute Gasteiger partial charge is 0.320 e. The molecule has 2 rings (SSSR count). The van der Waals surface area contributed by atoms with Gasteiger partial charge in [0.05, 0.1) is 11.5 Å². The van der Waals surface area contributed by atoms with Gasteiger partial charge in [0.25, 0.3) is 0 Å². The van der Waals surface area contributed by atoms with E-state index in [1.54, 1.807) is 12.1 Å². The van der Waals surface area contributed by atoms with Crippen molar-refractivity contribution in [3.8, 4) is 11.8 Å². The van der Waals surface area contributed by atoms with Gasteiger partial charge < -0.3 is 5.32 Å². The maximum atomic E-state index is 11.5. The molecule has 1 heterocycles. The molecular weight excluding hydrogens is 280 g/mol. The predicted molar refractivity (Wildman–Crippen MR) is 79.7 cm³/mol. The van der Waals surface area contributed by atoms with Gasteiger partial charge in [0.2, 0.25) is 0 Å². The number of carbonyl (C=O) groups excluding carboxylic acids is 1. The Morgan fingerprint density at radius 1 is 1.32 bits per heavy atom. The molecular formula is C14H11ClN2OS. The molecule has 5 heteroatoms. The summed E-state index contributed by atoms with van der Waals surface area (Å²) in [5.74, 6) is 5.79. The van der Waals surface area contributed by atoms with Crippen LogP contribution in [0.25, 0.3) is 0 Å². The third-order valence-corrected chi connectivity index (χ3v) is 3.17. The number of thiophene rings is 1. The second-order valence-corrected chi connectivity index (χ2v) is 4.98. The van der Waals surface area contributed by atoms with Crippen LogP contribution < -0.4 is 10.6 Å². The zero-order valence-corrected chi connectivity index (χ0v) is 11.5. The van der Waals surface area contributed by atoms with Crippen molar-refractivity contribution in [2.45, 2.75) is 0 Å². The molecule has 0 atom stereocenters. The first kappa shape index (κ1) is 13.5. The summed E-state index contributed by atoms with van der Waals surface area (Å²) in [6, 6.07) is 10.7. The van der Waals surface area contributed by atoms with Gasteiger partial charge in [-0.15, -0.1) is 11.3 Å². The van der Waals surface area contributed by atoms with Crippen LogP contribution in [-0.4, -0.2) is 12.6 Å².